The maximum atomic E-state index is 13.1. The number of para-hydroxylation sites is 1. The SMILES string of the molecule is CCc1nc(C2(NC(=O)[C@H]3COc4c(cccc4OC)C3)CCCC2)no1. The molecule has 27 heavy (non-hydrogen) atoms. The van der Waals surface area contributed by atoms with E-state index in [1.165, 1.54) is 0 Å². The highest BCUT2D eigenvalue weighted by Crippen LogP contribution is 2.39. The normalized spacial score (nSPS) is 20.6. The van der Waals surface area contributed by atoms with E-state index < -0.39 is 5.54 Å². The van der Waals surface area contributed by atoms with Crippen LogP contribution in [0, 0.1) is 5.92 Å². The molecule has 0 saturated heterocycles. The van der Waals surface area contributed by atoms with Crippen LogP contribution in [0.1, 0.15) is 49.9 Å². The molecule has 1 amide bonds. The molecule has 1 aromatic heterocycles. The van der Waals surface area contributed by atoms with Gasteiger partial charge in [-0.3, -0.25) is 4.79 Å². The second kappa shape index (κ2) is 7.21. The van der Waals surface area contributed by atoms with Gasteiger partial charge in [-0.1, -0.05) is 37.1 Å². The van der Waals surface area contributed by atoms with E-state index in [2.05, 4.69) is 15.5 Å². The molecule has 7 nitrogen and oxygen atoms in total. The Morgan fingerprint density at radius 1 is 1.37 bits per heavy atom. The van der Waals surface area contributed by atoms with Gasteiger partial charge in [-0.15, -0.1) is 0 Å². The fourth-order valence-electron chi connectivity index (χ4n) is 4.04. The first-order valence-electron chi connectivity index (χ1n) is 9.59. The number of aromatic nitrogens is 2. The Morgan fingerprint density at radius 2 is 2.19 bits per heavy atom. The zero-order chi connectivity index (χ0) is 18.9. The highest BCUT2D eigenvalue weighted by atomic mass is 16.5. The van der Waals surface area contributed by atoms with Crippen LogP contribution < -0.4 is 14.8 Å². The van der Waals surface area contributed by atoms with Crippen LogP contribution in [0.2, 0.25) is 0 Å². The molecule has 7 heteroatoms. The van der Waals surface area contributed by atoms with Crippen molar-refractivity contribution in [3.05, 3.63) is 35.5 Å². The molecule has 1 aromatic carbocycles. The number of nitrogens with one attached hydrogen (secondary N) is 1. The molecule has 1 saturated carbocycles. The van der Waals surface area contributed by atoms with Crippen LogP contribution in [0.15, 0.2) is 22.7 Å². The Balaban J connectivity index is 1.52. The van der Waals surface area contributed by atoms with Gasteiger partial charge in [0.05, 0.1) is 13.0 Å². The number of carbonyl (C=O) groups is 1. The number of benzene rings is 1. The molecule has 1 N–H and O–H groups in total. The van der Waals surface area contributed by atoms with Gasteiger partial charge < -0.3 is 19.3 Å². The summed E-state index contributed by atoms with van der Waals surface area (Å²) >= 11 is 0. The third-order valence-electron chi connectivity index (χ3n) is 5.56. The lowest BCUT2D eigenvalue weighted by molar-refractivity contribution is -0.128. The lowest BCUT2D eigenvalue weighted by Crippen LogP contribution is -2.49. The van der Waals surface area contributed by atoms with Crippen LogP contribution in [0.25, 0.3) is 0 Å². The van der Waals surface area contributed by atoms with Crippen molar-refractivity contribution in [1.82, 2.24) is 15.5 Å². The van der Waals surface area contributed by atoms with E-state index in [0.29, 0.717) is 36.9 Å². The van der Waals surface area contributed by atoms with Gasteiger partial charge in [0.2, 0.25) is 11.8 Å². The molecule has 2 heterocycles. The van der Waals surface area contributed by atoms with Crippen molar-refractivity contribution in [3.63, 3.8) is 0 Å². The molecule has 2 aromatic rings. The lowest BCUT2D eigenvalue weighted by atomic mass is 9.92. The van der Waals surface area contributed by atoms with Gasteiger partial charge in [0.1, 0.15) is 12.1 Å². The van der Waals surface area contributed by atoms with Crippen molar-refractivity contribution in [2.45, 2.75) is 51.0 Å². The smallest absolute Gasteiger partial charge is 0.227 e. The maximum absolute atomic E-state index is 13.1. The number of rotatable bonds is 5. The van der Waals surface area contributed by atoms with Crippen molar-refractivity contribution in [2.75, 3.05) is 13.7 Å². The molecule has 0 bridgehead atoms. The van der Waals surface area contributed by atoms with Gasteiger partial charge in [0.25, 0.3) is 0 Å². The number of methoxy groups -OCH3 is 1. The van der Waals surface area contributed by atoms with E-state index in [0.717, 1.165) is 37.0 Å². The van der Waals surface area contributed by atoms with E-state index in [1.807, 2.05) is 25.1 Å². The Kier molecular flexibility index (Phi) is 4.76. The molecule has 1 fully saturated rings. The summed E-state index contributed by atoms with van der Waals surface area (Å²) in [4.78, 5) is 17.6. The molecule has 0 unspecified atom stereocenters. The number of aryl methyl sites for hydroxylation is 1. The fourth-order valence-corrected chi connectivity index (χ4v) is 4.04. The summed E-state index contributed by atoms with van der Waals surface area (Å²) in [5.74, 6) is 2.38. The van der Waals surface area contributed by atoms with Crippen LogP contribution in [0.5, 0.6) is 11.5 Å². The minimum atomic E-state index is -0.525. The summed E-state index contributed by atoms with van der Waals surface area (Å²) in [5.41, 5.74) is 0.469. The molecule has 4 rings (SSSR count). The summed E-state index contributed by atoms with van der Waals surface area (Å²) in [6.07, 6.45) is 5.06. The summed E-state index contributed by atoms with van der Waals surface area (Å²) < 4.78 is 16.5. The van der Waals surface area contributed by atoms with Crippen LogP contribution in [0.3, 0.4) is 0 Å². The minimum Gasteiger partial charge on any atom is -0.493 e. The van der Waals surface area contributed by atoms with E-state index in [-0.39, 0.29) is 11.8 Å². The lowest BCUT2D eigenvalue weighted by Gasteiger charge is -2.31. The van der Waals surface area contributed by atoms with Gasteiger partial charge >= 0.3 is 0 Å². The second-order valence-corrected chi connectivity index (χ2v) is 7.30. The average molecular weight is 371 g/mol. The van der Waals surface area contributed by atoms with Crippen molar-refractivity contribution < 1.29 is 18.8 Å². The minimum absolute atomic E-state index is 0.0202. The third kappa shape index (κ3) is 3.26. The largest absolute Gasteiger partial charge is 0.493 e. The predicted octanol–water partition coefficient (Wildman–Crippen LogP) is 2.78. The van der Waals surface area contributed by atoms with E-state index in [1.54, 1.807) is 7.11 Å². The van der Waals surface area contributed by atoms with Crippen LogP contribution >= 0.6 is 0 Å². The molecule has 0 radical (unpaired) electrons. The standard InChI is InChI=1S/C20H25N3O4/c1-3-16-21-19(23-27-16)20(9-4-5-10-20)22-18(24)14-11-13-7-6-8-15(25-2)17(13)26-12-14/h6-8,14H,3-5,9-12H2,1-2H3,(H,22,24)/t14-/m1/s1. The molecular weight excluding hydrogens is 346 g/mol. The molecule has 2 aliphatic rings. The summed E-state index contributed by atoms with van der Waals surface area (Å²) in [6, 6.07) is 5.77. The molecule has 1 atom stereocenters. The fraction of sp³-hybridized carbons (Fsp3) is 0.550. The number of nitrogens with zero attached hydrogens (tertiary/aromatic N) is 2. The summed E-state index contributed by atoms with van der Waals surface area (Å²) in [6.45, 7) is 2.31. The number of ether oxygens (including phenoxy) is 2. The number of hydrogen-bond donors (Lipinski definition) is 1. The third-order valence-corrected chi connectivity index (χ3v) is 5.56. The monoisotopic (exact) mass is 371 g/mol. The van der Waals surface area contributed by atoms with Crippen molar-refractivity contribution in [2.24, 2.45) is 5.92 Å². The van der Waals surface area contributed by atoms with E-state index in [4.69, 9.17) is 14.0 Å². The number of amides is 1. The highest BCUT2D eigenvalue weighted by Gasteiger charge is 2.43. The Bertz CT molecular complexity index is 826. The number of carbonyl (C=O) groups excluding carboxylic acids is 1. The van der Waals surface area contributed by atoms with Crippen molar-refractivity contribution in [3.8, 4) is 11.5 Å². The average Bonchev–Trinajstić information content (AvgIpc) is 3.37. The summed E-state index contributed by atoms with van der Waals surface area (Å²) in [5, 5.41) is 7.39. The van der Waals surface area contributed by atoms with Crippen molar-refractivity contribution >= 4 is 5.91 Å². The predicted molar refractivity (Wildman–Crippen MR) is 97.6 cm³/mol. The van der Waals surface area contributed by atoms with Gasteiger partial charge in [0, 0.05) is 6.42 Å². The molecular formula is C20H25N3O4. The van der Waals surface area contributed by atoms with Gasteiger partial charge in [-0.25, -0.2) is 0 Å². The summed E-state index contributed by atoms with van der Waals surface area (Å²) in [7, 11) is 1.62. The molecule has 1 aliphatic heterocycles. The van der Waals surface area contributed by atoms with Gasteiger partial charge in [0.15, 0.2) is 17.3 Å². The van der Waals surface area contributed by atoms with Gasteiger partial charge in [-0.2, -0.15) is 4.98 Å². The first kappa shape index (κ1) is 17.8. The Labute approximate surface area is 158 Å². The Hall–Kier alpha value is -2.57. The highest BCUT2D eigenvalue weighted by molar-refractivity contribution is 5.80. The maximum Gasteiger partial charge on any atom is 0.227 e. The number of hydrogen-bond acceptors (Lipinski definition) is 6. The second-order valence-electron chi connectivity index (χ2n) is 7.30. The molecule has 1 aliphatic carbocycles. The van der Waals surface area contributed by atoms with E-state index in [9.17, 15) is 4.79 Å². The van der Waals surface area contributed by atoms with Crippen LogP contribution in [-0.4, -0.2) is 29.8 Å². The topological polar surface area (TPSA) is 86.5 Å². The molecule has 144 valence electrons. The van der Waals surface area contributed by atoms with Crippen LogP contribution in [0.4, 0.5) is 0 Å². The Morgan fingerprint density at radius 3 is 2.89 bits per heavy atom. The first-order chi connectivity index (χ1) is 13.1. The first-order valence-corrected chi connectivity index (χ1v) is 9.59. The zero-order valence-corrected chi connectivity index (χ0v) is 15.8. The van der Waals surface area contributed by atoms with Crippen molar-refractivity contribution in [1.29, 1.82) is 0 Å². The van der Waals surface area contributed by atoms with Gasteiger partial charge in [-0.05, 0) is 30.9 Å². The molecule has 0 spiro atoms. The number of fused-ring (bicyclic) bond motifs is 1. The van der Waals surface area contributed by atoms with Crippen LogP contribution in [-0.2, 0) is 23.2 Å². The van der Waals surface area contributed by atoms with E-state index >= 15 is 0 Å². The zero-order valence-electron chi connectivity index (χ0n) is 15.8. The quantitative estimate of drug-likeness (QED) is 0.870.